The molecule has 4 heteroatoms. The van der Waals surface area contributed by atoms with Gasteiger partial charge in [0.15, 0.2) is 0 Å². The van der Waals surface area contributed by atoms with Gasteiger partial charge in [-0.05, 0) is 6.92 Å². The Labute approximate surface area is 65.1 Å². The number of hydrogen-bond donors (Lipinski definition) is 0. The maximum absolute atomic E-state index is 8.89. The highest BCUT2D eigenvalue weighted by atomic mass is 16.4. The zero-order valence-corrected chi connectivity index (χ0v) is 6.52. The maximum Gasteiger partial charge on any atom is 0.285 e. The molecule has 0 bridgehead atoms. The number of carboxylic acid groups (broad SMARTS) is 1. The van der Waals surface area contributed by atoms with Crippen LogP contribution < -0.4 is 9.67 Å². The molecule has 11 heavy (non-hydrogen) atoms. The number of aryl methyl sites for hydroxylation is 1. The van der Waals surface area contributed by atoms with Gasteiger partial charge in [-0.1, -0.05) is 4.98 Å². The van der Waals surface area contributed by atoms with Crippen molar-refractivity contribution in [3.63, 3.8) is 0 Å². The Kier molecular flexibility index (Phi) is 4.64. The topological polar surface area (TPSA) is 56.9 Å². The zero-order valence-electron chi connectivity index (χ0n) is 6.52. The number of aromatic nitrogens is 2. The molecule has 0 N–H and O–H groups in total. The van der Waals surface area contributed by atoms with Gasteiger partial charge in [0, 0.05) is 12.0 Å². The van der Waals surface area contributed by atoms with Gasteiger partial charge in [-0.25, -0.2) is 4.57 Å². The largest absolute Gasteiger partial charge is 0.550 e. The second-order valence-electron chi connectivity index (χ2n) is 1.91. The van der Waals surface area contributed by atoms with Crippen molar-refractivity contribution in [1.29, 1.82) is 0 Å². The number of nitrogens with zero attached hydrogens (tertiary/aromatic N) is 2. The number of rotatable bonds is 0. The lowest BCUT2D eigenvalue weighted by Crippen LogP contribution is -2.26. The van der Waals surface area contributed by atoms with Gasteiger partial charge < -0.3 is 9.90 Å². The van der Waals surface area contributed by atoms with Crippen molar-refractivity contribution in [2.75, 3.05) is 0 Å². The number of carboxylic acids is 1. The van der Waals surface area contributed by atoms with E-state index in [0.29, 0.717) is 0 Å². The number of carbonyl (C=O) groups is 1. The quantitative estimate of drug-likeness (QED) is 0.435. The van der Waals surface area contributed by atoms with Crippen LogP contribution in [0.15, 0.2) is 24.8 Å². The van der Waals surface area contributed by atoms with E-state index in [1.807, 2.05) is 23.9 Å². The van der Waals surface area contributed by atoms with E-state index in [2.05, 4.69) is 4.98 Å². The van der Waals surface area contributed by atoms with Gasteiger partial charge in [0.25, 0.3) is 6.33 Å². The minimum absolute atomic E-state index is 0.972. The monoisotopic (exact) mass is 154 g/mol. The van der Waals surface area contributed by atoms with Crippen LogP contribution in [-0.4, -0.2) is 11.0 Å². The van der Waals surface area contributed by atoms with Crippen molar-refractivity contribution >= 4 is 5.97 Å². The summed E-state index contributed by atoms with van der Waals surface area (Å²) in [4.78, 5) is 12.7. The molecule has 0 unspecified atom stereocenters. The van der Waals surface area contributed by atoms with E-state index in [0.717, 1.165) is 6.92 Å². The van der Waals surface area contributed by atoms with Crippen molar-refractivity contribution in [2.45, 2.75) is 6.92 Å². The molecular formula is C7H10N2O2. The van der Waals surface area contributed by atoms with Crippen molar-refractivity contribution in [3.8, 4) is 0 Å². The molecule has 4 nitrogen and oxygen atoms in total. The molecule has 0 aliphatic rings. The molecule has 60 valence electrons. The lowest BCUT2D eigenvalue weighted by atomic mass is 10.7. The molecule has 0 fully saturated rings. The molecule has 0 aromatic carbocycles. The van der Waals surface area contributed by atoms with Crippen LogP contribution in [0.1, 0.15) is 6.92 Å². The van der Waals surface area contributed by atoms with Crippen LogP contribution in [0, 0.1) is 0 Å². The highest BCUT2D eigenvalue weighted by Gasteiger charge is 1.79. The van der Waals surface area contributed by atoms with Crippen LogP contribution in [0.4, 0.5) is 0 Å². The smallest absolute Gasteiger partial charge is 0.285 e. The summed E-state index contributed by atoms with van der Waals surface area (Å²) in [5, 5.41) is 8.89. The summed E-state index contributed by atoms with van der Waals surface area (Å²) < 4.78 is 1.89. The number of hydrogen-bond acceptors (Lipinski definition) is 3. The molecule has 0 amide bonds. The fourth-order valence-corrected chi connectivity index (χ4v) is 0.406. The third-order valence-corrected chi connectivity index (χ3v) is 0.742. The van der Waals surface area contributed by atoms with Crippen molar-refractivity contribution < 1.29 is 14.5 Å². The summed E-state index contributed by atoms with van der Waals surface area (Å²) >= 11 is 0. The summed E-state index contributed by atoms with van der Waals surface area (Å²) in [6.07, 6.45) is 5.44. The van der Waals surface area contributed by atoms with Crippen LogP contribution in [0.2, 0.25) is 0 Å². The average Bonchev–Trinajstić information content (AvgIpc) is 1.87. The first kappa shape index (κ1) is 9.55. The van der Waals surface area contributed by atoms with Crippen LogP contribution in [0.5, 0.6) is 0 Å². The van der Waals surface area contributed by atoms with E-state index in [1.165, 1.54) is 0 Å². The zero-order chi connectivity index (χ0) is 8.69. The molecule has 1 aromatic heterocycles. The summed E-state index contributed by atoms with van der Waals surface area (Å²) in [5.41, 5.74) is 0. The van der Waals surface area contributed by atoms with Crippen molar-refractivity contribution in [1.82, 2.24) is 4.98 Å². The summed E-state index contributed by atoms with van der Waals surface area (Å²) in [7, 11) is 1.94. The van der Waals surface area contributed by atoms with Gasteiger partial charge in [-0.3, -0.25) is 0 Å². The number of aliphatic carboxylic acids is 1. The Bertz CT molecular complexity index is 207. The standard InChI is InChI=1S/C5H7N2.C2H4O2/c1-7-4-2-3-6-5-7;1-2(3)4/h2-5H,1H3;1H3,(H,3,4)/q+1;/p-1. The lowest BCUT2D eigenvalue weighted by Gasteiger charge is -1.78. The molecule has 0 aliphatic carbocycles. The normalized spacial score (nSPS) is 7.82. The first-order valence-electron chi connectivity index (χ1n) is 3.05. The van der Waals surface area contributed by atoms with Crippen LogP contribution in [-0.2, 0) is 11.8 Å². The molecule has 0 radical (unpaired) electrons. The molecule has 0 saturated heterocycles. The SMILES string of the molecule is CC(=O)[O-].C[n+]1cccnc1. The van der Waals surface area contributed by atoms with Gasteiger partial charge in [0.05, 0.1) is 13.2 Å². The van der Waals surface area contributed by atoms with Gasteiger partial charge in [-0.2, -0.15) is 0 Å². The predicted molar refractivity (Wildman–Crippen MR) is 36.1 cm³/mol. The first-order valence-corrected chi connectivity index (χ1v) is 3.05. The summed E-state index contributed by atoms with van der Waals surface area (Å²) in [5.74, 6) is -1.08. The second kappa shape index (κ2) is 5.34. The highest BCUT2D eigenvalue weighted by Crippen LogP contribution is 1.64. The minimum atomic E-state index is -1.08. The van der Waals surface area contributed by atoms with Crippen LogP contribution in [0.25, 0.3) is 0 Å². The van der Waals surface area contributed by atoms with Crippen molar-refractivity contribution in [2.24, 2.45) is 7.05 Å². The second-order valence-corrected chi connectivity index (χ2v) is 1.91. The summed E-state index contributed by atoms with van der Waals surface area (Å²) in [6, 6.07) is 1.89. The predicted octanol–water partition coefficient (Wildman–Crippen LogP) is -1.34. The van der Waals surface area contributed by atoms with E-state index >= 15 is 0 Å². The lowest BCUT2D eigenvalue weighted by molar-refractivity contribution is -0.674. The van der Waals surface area contributed by atoms with E-state index in [1.54, 1.807) is 12.5 Å². The molecular weight excluding hydrogens is 144 g/mol. The highest BCUT2D eigenvalue weighted by molar-refractivity contribution is 5.60. The van der Waals surface area contributed by atoms with E-state index < -0.39 is 5.97 Å². The molecule has 1 rings (SSSR count). The molecule has 0 saturated carbocycles. The Morgan fingerprint density at radius 3 is 2.36 bits per heavy atom. The summed E-state index contributed by atoms with van der Waals surface area (Å²) in [6.45, 7) is 0.972. The Balaban J connectivity index is 0.000000218. The Morgan fingerprint density at radius 2 is 2.18 bits per heavy atom. The van der Waals surface area contributed by atoms with Gasteiger partial charge >= 0.3 is 0 Å². The van der Waals surface area contributed by atoms with Gasteiger partial charge in [0.1, 0.15) is 6.20 Å². The van der Waals surface area contributed by atoms with Gasteiger partial charge in [-0.15, -0.1) is 0 Å². The Morgan fingerprint density at radius 1 is 1.64 bits per heavy atom. The molecule has 0 aliphatic heterocycles. The molecule has 1 heterocycles. The third-order valence-electron chi connectivity index (χ3n) is 0.742. The third kappa shape index (κ3) is 8.55. The Hall–Kier alpha value is -1.45. The van der Waals surface area contributed by atoms with Gasteiger partial charge in [0.2, 0.25) is 0 Å². The molecule has 0 atom stereocenters. The first-order chi connectivity index (χ1) is 5.13. The van der Waals surface area contributed by atoms with E-state index in [4.69, 9.17) is 9.90 Å². The molecule has 0 spiro atoms. The number of carbonyl (C=O) groups excluding carboxylic acids is 1. The maximum atomic E-state index is 8.89. The van der Waals surface area contributed by atoms with E-state index in [9.17, 15) is 0 Å². The molecule has 1 aromatic rings. The fourth-order valence-electron chi connectivity index (χ4n) is 0.406. The van der Waals surface area contributed by atoms with E-state index in [-0.39, 0.29) is 0 Å². The van der Waals surface area contributed by atoms with Crippen LogP contribution >= 0.6 is 0 Å². The van der Waals surface area contributed by atoms with Crippen molar-refractivity contribution in [3.05, 3.63) is 24.8 Å². The van der Waals surface area contributed by atoms with Crippen LogP contribution in [0.3, 0.4) is 0 Å². The average molecular weight is 154 g/mol. The fraction of sp³-hybridized carbons (Fsp3) is 0.286. The minimum Gasteiger partial charge on any atom is -0.550 e.